The Morgan fingerprint density at radius 3 is 2.65 bits per heavy atom. The standard InChI is InChI=1S/C17H27BrN2/c1-12-5-6-14(18)15(7-12)20-17(11-19)9-13(2)8-16(3,4)10-17/h5-7,13,20H,8-11,19H2,1-4H3. The molecule has 0 aromatic heterocycles. The van der Waals surface area contributed by atoms with Gasteiger partial charge in [0.15, 0.2) is 0 Å². The van der Waals surface area contributed by atoms with Gasteiger partial charge in [0, 0.05) is 16.7 Å². The molecule has 1 saturated carbocycles. The minimum Gasteiger partial charge on any atom is -0.377 e. The molecule has 0 radical (unpaired) electrons. The summed E-state index contributed by atoms with van der Waals surface area (Å²) in [6.07, 6.45) is 3.56. The number of anilines is 1. The number of hydrogen-bond acceptors (Lipinski definition) is 2. The van der Waals surface area contributed by atoms with Gasteiger partial charge in [-0.2, -0.15) is 0 Å². The molecule has 0 bridgehead atoms. The molecular weight excluding hydrogens is 312 g/mol. The number of halogens is 1. The summed E-state index contributed by atoms with van der Waals surface area (Å²) in [5.74, 6) is 0.707. The molecule has 0 saturated heterocycles. The first kappa shape index (κ1) is 15.8. The van der Waals surface area contributed by atoms with Crippen molar-refractivity contribution in [1.29, 1.82) is 0 Å². The molecule has 1 aromatic carbocycles. The van der Waals surface area contributed by atoms with Crippen molar-refractivity contribution in [3.05, 3.63) is 28.2 Å². The van der Waals surface area contributed by atoms with Crippen LogP contribution in [0.4, 0.5) is 5.69 Å². The van der Waals surface area contributed by atoms with E-state index in [1.54, 1.807) is 0 Å². The second-order valence-electron chi connectivity index (χ2n) is 7.45. The molecule has 0 amide bonds. The lowest BCUT2D eigenvalue weighted by Gasteiger charge is -2.48. The maximum atomic E-state index is 6.18. The zero-order valence-corrected chi connectivity index (χ0v) is 14.7. The van der Waals surface area contributed by atoms with E-state index in [4.69, 9.17) is 5.73 Å². The summed E-state index contributed by atoms with van der Waals surface area (Å²) < 4.78 is 1.12. The van der Waals surface area contributed by atoms with Crippen molar-refractivity contribution in [3.8, 4) is 0 Å². The Labute approximate surface area is 131 Å². The Morgan fingerprint density at radius 2 is 2.05 bits per heavy atom. The highest BCUT2D eigenvalue weighted by Gasteiger charge is 2.42. The first-order chi connectivity index (χ1) is 9.25. The number of nitrogens with two attached hydrogens (primary N) is 1. The van der Waals surface area contributed by atoms with E-state index in [0.29, 0.717) is 17.9 Å². The molecule has 1 fully saturated rings. The zero-order chi connectivity index (χ0) is 15.0. The van der Waals surface area contributed by atoms with E-state index < -0.39 is 0 Å². The van der Waals surface area contributed by atoms with Gasteiger partial charge in [0.05, 0.1) is 5.54 Å². The van der Waals surface area contributed by atoms with Crippen LogP contribution in [0.5, 0.6) is 0 Å². The topological polar surface area (TPSA) is 38.0 Å². The average Bonchev–Trinajstić information content (AvgIpc) is 2.31. The van der Waals surface area contributed by atoms with Gasteiger partial charge >= 0.3 is 0 Å². The summed E-state index contributed by atoms with van der Waals surface area (Å²) in [6, 6.07) is 6.44. The second-order valence-corrected chi connectivity index (χ2v) is 8.30. The largest absolute Gasteiger partial charge is 0.377 e. The number of hydrogen-bond donors (Lipinski definition) is 2. The van der Waals surface area contributed by atoms with Gasteiger partial charge in [0.2, 0.25) is 0 Å². The van der Waals surface area contributed by atoms with Crippen molar-refractivity contribution in [2.75, 3.05) is 11.9 Å². The van der Waals surface area contributed by atoms with Gasteiger partial charge in [-0.05, 0) is 71.1 Å². The van der Waals surface area contributed by atoms with Crippen LogP contribution < -0.4 is 11.1 Å². The third-order valence-electron chi connectivity index (χ3n) is 4.37. The van der Waals surface area contributed by atoms with Gasteiger partial charge in [0.1, 0.15) is 0 Å². The van der Waals surface area contributed by atoms with Crippen LogP contribution in [0.2, 0.25) is 0 Å². The van der Waals surface area contributed by atoms with E-state index in [1.807, 2.05) is 0 Å². The fourth-order valence-corrected chi connectivity index (χ4v) is 4.41. The van der Waals surface area contributed by atoms with Crippen LogP contribution in [0.25, 0.3) is 0 Å². The molecule has 1 aromatic rings. The van der Waals surface area contributed by atoms with Crippen LogP contribution >= 0.6 is 15.9 Å². The molecule has 1 aliphatic rings. The van der Waals surface area contributed by atoms with Gasteiger partial charge in [-0.15, -0.1) is 0 Å². The number of rotatable bonds is 3. The molecule has 3 N–H and O–H groups in total. The van der Waals surface area contributed by atoms with Crippen molar-refractivity contribution in [2.45, 2.75) is 52.5 Å². The normalized spacial score (nSPS) is 29.2. The Balaban J connectivity index is 2.29. The van der Waals surface area contributed by atoms with Crippen LogP contribution in [0.3, 0.4) is 0 Å². The van der Waals surface area contributed by atoms with E-state index in [1.165, 1.54) is 17.7 Å². The quantitative estimate of drug-likeness (QED) is 0.837. The van der Waals surface area contributed by atoms with Crippen molar-refractivity contribution >= 4 is 21.6 Å². The number of aryl methyl sites for hydroxylation is 1. The molecule has 0 aliphatic heterocycles. The van der Waals surface area contributed by atoms with Crippen LogP contribution in [0, 0.1) is 18.3 Å². The molecule has 2 atom stereocenters. The Bertz CT molecular complexity index is 484. The van der Waals surface area contributed by atoms with Crippen LogP contribution in [-0.4, -0.2) is 12.1 Å². The summed E-state index contributed by atoms with van der Waals surface area (Å²) in [7, 11) is 0. The SMILES string of the molecule is Cc1ccc(Br)c(NC2(CN)CC(C)CC(C)(C)C2)c1. The maximum absolute atomic E-state index is 6.18. The molecular formula is C17H27BrN2. The molecule has 2 unspecified atom stereocenters. The smallest absolute Gasteiger partial charge is 0.0503 e. The van der Waals surface area contributed by atoms with Gasteiger partial charge in [0.25, 0.3) is 0 Å². The lowest BCUT2D eigenvalue weighted by Crippen LogP contribution is -2.53. The molecule has 0 spiro atoms. The Morgan fingerprint density at radius 1 is 1.35 bits per heavy atom. The van der Waals surface area contributed by atoms with Gasteiger partial charge in [-0.3, -0.25) is 0 Å². The number of benzene rings is 1. The summed E-state index contributed by atoms with van der Waals surface area (Å²) in [6.45, 7) is 9.87. The molecule has 0 heterocycles. The van der Waals surface area contributed by atoms with Crippen LogP contribution in [0.15, 0.2) is 22.7 Å². The molecule has 2 rings (SSSR count). The van der Waals surface area contributed by atoms with E-state index in [2.05, 4.69) is 67.1 Å². The van der Waals surface area contributed by atoms with Gasteiger partial charge in [-0.1, -0.05) is 26.8 Å². The predicted molar refractivity (Wildman–Crippen MR) is 91.1 cm³/mol. The molecule has 20 heavy (non-hydrogen) atoms. The molecule has 112 valence electrons. The second kappa shape index (κ2) is 5.69. The van der Waals surface area contributed by atoms with Crippen molar-refractivity contribution < 1.29 is 0 Å². The van der Waals surface area contributed by atoms with Crippen molar-refractivity contribution in [3.63, 3.8) is 0 Å². The Kier molecular flexibility index (Phi) is 4.50. The highest BCUT2D eigenvalue weighted by atomic mass is 79.9. The summed E-state index contributed by atoms with van der Waals surface area (Å²) in [5.41, 5.74) is 8.98. The van der Waals surface area contributed by atoms with Crippen LogP contribution in [0.1, 0.15) is 45.6 Å². The fourth-order valence-electron chi connectivity index (χ4n) is 4.07. The summed E-state index contributed by atoms with van der Waals surface area (Å²) in [5, 5.41) is 3.77. The fraction of sp³-hybridized carbons (Fsp3) is 0.647. The van der Waals surface area contributed by atoms with E-state index in [-0.39, 0.29) is 5.54 Å². The summed E-state index contributed by atoms with van der Waals surface area (Å²) >= 11 is 3.65. The number of nitrogens with one attached hydrogen (secondary N) is 1. The molecule has 1 aliphatic carbocycles. The maximum Gasteiger partial charge on any atom is 0.0503 e. The third kappa shape index (κ3) is 3.56. The highest BCUT2D eigenvalue weighted by Crippen LogP contribution is 2.45. The summed E-state index contributed by atoms with van der Waals surface area (Å²) in [4.78, 5) is 0. The molecule has 3 heteroatoms. The first-order valence-corrected chi connectivity index (χ1v) is 8.29. The van der Waals surface area contributed by atoms with E-state index in [9.17, 15) is 0 Å². The minimum absolute atomic E-state index is 0.0114. The third-order valence-corrected chi connectivity index (χ3v) is 5.06. The monoisotopic (exact) mass is 338 g/mol. The zero-order valence-electron chi connectivity index (χ0n) is 13.1. The Hall–Kier alpha value is -0.540. The molecule has 2 nitrogen and oxygen atoms in total. The van der Waals surface area contributed by atoms with Crippen LogP contribution in [-0.2, 0) is 0 Å². The van der Waals surface area contributed by atoms with Crippen molar-refractivity contribution in [2.24, 2.45) is 17.1 Å². The predicted octanol–water partition coefficient (Wildman–Crippen LogP) is 4.71. The van der Waals surface area contributed by atoms with E-state index >= 15 is 0 Å². The average molecular weight is 339 g/mol. The van der Waals surface area contributed by atoms with Gasteiger partial charge in [-0.25, -0.2) is 0 Å². The lowest BCUT2D eigenvalue weighted by molar-refractivity contribution is 0.125. The van der Waals surface area contributed by atoms with Crippen molar-refractivity contribution in [1.82, 2.24) is 0 Å². The first-order valence-electron chi connectivity index (χ1n) is 7.50. The highest BCUT2D eigenvalue weighted by molar-refractivity contribution is 9.10. The minimum atomic E-state index is 0.0114. The van der Waals surface area contributed by atoms with Gasteiger partial charge < -0.3 is 11.1 Å². The lowest BCUT2D eigenvalue weighted by atomic mass is 9.64. The van der Waals surface area contributed by atoms with E-state index in [0.717, 1.165) is 17.3 Å².